The van der Waals surface area contributed by atoms with Gasteiger partial charge in [-0.05, 0) is 61.9 Å². The van der Waals surface area contributed by atoms with E-state index in [1.54, 1.807) is 24.3 Å². The molecule has 1 N–H and O–H groups in total. The molecule has 0 saturated carbocycles. The van der Waals surface area contributed by atoms with E-state index in [0.29, 0.717) is 29.8 Å². The summed E-state index contributed by atoms with van der Waals surface area (Å²) in [6.07, 6.45) is 2.17. The minimum atomic E-state index is -0.124. The number of hydrogen-bond acceptors (Lipinski definition) is 4. The Kier molecular flexibility index (Phi) is 7.71. The summed E-state index contributed by atoms with van der Waals surface area (Å²) in [5, 5.41) is 3.54. The Bertz CT molecular complexity index is 761. The molecule has 2 aromatic rings. The van der Waals surface area contributed by atoms with Crippen LogP contribution in [0.4, 0.5) is 0 Å². The van der Waals surface area contributed by atoms with Gasteiger partial charge in [0.15, 0.2) is 0 Å². The van der Waals surface area contributed by atoms with Gasteiger partial charge in [-0.1, -0.05) is 23.7 Å². The number of carbonyl (C=O) groups excluding carboxylic acids is 1. The Morgan fingerprint density at radius 3 is 2.71 bits per heavy atom. The zero-order valence-corrected chi connectivity index (χ0v) is 17.0. The van der Waals surface area contributed by atoms with Crippen molar-refractivity contribution in [3.63, 3.8) is 0 Å². The fourth-order valence-corrected chi connectivity index (χ4v) is 3.37. The van der Waals surface area contributed by atoms with Crippen molar-refractivity contribution in [2.75, 3.05) is 33.4 Å². The highest BCUT2D eigenvalue weighted by Crippen LogP contribution is 2.15. The van der Waals surface area contributed by atoms with E-state index in [4.69, 9.17) is 21.1 Å². The van der Waals surface area contributed by atoms with E-state index in [2.05, 4.69) is 17.3 Å². The van der Waals surface area contributed by atoms with Gasteiger partial charge in [0.25, 0.3) is 5.91 Å². The lowest BCUT2D eigenvalue weighted by atomic mass is 10.1. The number of amides is 1. The second kappa shape index (κ2) is 10.5. The number of likely N-dealkylation sites (N-methyl/N-ethyl adjacent to an activating group) is 1. The predicted octanol–water partition coefficient (Wildman–Crippen LogP) is 3.76. The highest BCUT2D eigenvalue weighted by atomic mass is 35.5. The second-order valence-electron chi connectivity index (χ2n) is 7.01. The number of nitrogens with zero attached hydrogens (tertiary/aromatic N) is 1. The van der Waals surface area contributed by atoms with Gasteiger partial charge in [-0.25, -0.2) is 0 Å². The second-order valence-corrected chi connectivity index (χ2v) is 7.45. The molecule has 0 aromatic heterocycles. The number of carbonyl (C=O) groups is 1. The Labute approximate surface area is 171 Å². The Morgan fingerprint density at radius 2 is 1.96 bits per heavy atom. The summed E-state index contributed by atoms with van der Waals surface area (Å²) in [5.41, 5.74) is 1.59. The highest BCUT2D eigenvalue weighted by Gasteiger charge is 2.18. The van der Waals surface area contributed by atoms with E-state index in [1.807, 2.05) is 24.3 Å². The fourth-order valence-electron chi connectivity index (χ4n) is 3.25. The molecule has 0 aliphatic carbocycles. The van der Waals surface area contributed by atoms with Crippen LogP contribution in [0.3, 0.4) is 0 Å². The van der Waals surface area contributed by atoms with Crippen LogP contribution in [0, 0.1) is 0 Å². The lowest BCUT2D eigenvalue weighted by Gasteiger charge is -2.31. The third-order valence-corrected chi connectivity index (χ3v) is 5.24. The molecule has 28 heavy (non-hydrogen) atoms. The molecule has 0 atom stereocenters. The summed E-state index contributed by atoms with van der Waals surface area (Å²) in [6, 6.07) is 15.3. The maximum Gasteiger partial charge on any atom is 0.251 e. The van der Waals surface area contributed by atoms with Crippen LogP contribution < -0.4 is 10.1 Å². The highest BCUT2D eigenvalue weighted by molar-refractivity contribution is 6.30. The summed E-state index contributed by atoms with van der Waals surface area (Å²) in [6.45, 7) is 3.65. The predicted molar refractivity (Wildman–Crippen MR) is 111 cm³/mol. The van der Waals surface area contributed by atoms with E-state index in [1.165, 1.54) is 0 Å². The minimum Gasteiger partial charge on any atom is -0.492 e. The van der Waals surface area contributed by atoms with Crippen LogP contribution in [0.2, 0.25) is 5.02 Å². The van der Waals surface area contributed by atoms with Gasteiger partial charge in [0.1, 0.15) is 12.4 Å². The van der Waals surface area contributed by atoms with Crippen molar-refractivity contribution in [1.29, 1.82) is 0 Å². The summed E-state index contributed by atoms with van der Waals surface area (Å²) in [7, 11) is 2.14. The third-order valence-electron chi connectivity index (χ3n) is 4.98. The van der Waals surface area contributed by atoms with Gasteiger partial charge in [0.2, 0.25) is 0 Å². The molecule has 1 aliphatic rings. The third kappa shape index (κ3) is 6.23. The standard InChI is InChI=1S/C22H27ClN2O3/c1-25(20-9-12-27-13-10-20)11-14-28-21-4-2-3-17(15-21)16-24-22(26)18-5-7-19(23)8-6-18/h2-8,15,20H,9-14,16H2,1H3,(H,24,26). The van der Waals surface area contributed by atoms with Crippen molar-refractivity contribution >= 4 is 17.5 Å². The first-order valence-corrected chi connectivity index (χ1v) is 10.0. The smallest absolute Gasteiger partial charge is 0.251 e. The molecule has 0 unspecified atom stereocenters. The van der Waals surface area contributed by atoms with Gasteiger partial charge in [-0.2, -0.15) is 0 Å². The topological polar surface area (TPSA) is 50.8 Å². The molecule has 3 rings (SSSR count). The Balaban J connectivity index is 1.44. The summed E-state index contributed by atoms with van der Waals surface area (Å²) in [4.78, 5) is 14.6. The van der Waals surface area contributed by atoms with Gasteiger partial charge < -0.3 is 14.8 Å². The number of ether oxygens (including phenoxy) is 2. The van der Waals surface area contributed by atoms with Gasteiger partial charge in [0, 0.05) is 42.9 Å². The van der Waals surface area contributed by atoms with Crippen molar-refractivity contribution in [1.82, 2.24) is 10.2 Å². The molecule has 1 heterocycles. The van der Waals surface area contributed by atoms with E-state index in [9.17, 15) is 4.79 Å². The molecule has 1 aliphatic heterocycles. The van der Waals surface area contributed by atoms with E-state index in [-0.39, 0.29) is 5.91 Å². The van der Waals surface area contributed by atoms with Crippen LogP contribution in [0.15, 0.2) is 48.5 Å². The molecular weight excluding hydrogens is 376 g/mol. The number of rotatable bonds is 8. The molecule has 2 aromatic carbocycles. The largest absolute Gasteiger partial charge is 0.492 e. The maximum atomic E-state index is 12.2. The number of benzene rings is 2. The average Bonchev–Trinajstić information content (AvgIpc) is 2.73. The molecule has 5 nitrogen and oxygen atoms in total. The minimum absolute atomic E-state index is 0.124. The average molecular weight is 403 g/mol. The molecule has 1 fully saturated rings. The van der Waals surface area contributed by atoms with Crippen LogP contribution in [-0.2, 0) is 11.3 Å². The number of halogens is 1. The first kappa shape index (κ1) is 20.6. The van der Waals surface area contributed by atoms with Crippen LogP contribution in [0.1, 0.15) is 28.8 Å². The van der Waals surface area contributed by atoms with Crippen molar-refractivity contribution in [2.24, 2.45) is 0 Å². The van der Waals surface area contributed by atoms with Crippen molar-refractivity contribution in [3.8, 4) is 5.75 Å². The molecule has 1 saturated heterocycles. The monoisotopic (exact) mass is 402 g/mol. The Hall–Kier alpha value is -2.08. The van der Waals surface area contributed by atoms with Gasteiger partial charge in [-0.15, -0.1) is 0 Å². The van der Waals surface area contributed by atoms with Crippen LogP contribution in [0.5, 0.6) is 5.75 Å². The summed E-state index contributed by atoms with van der Waals surface area (Å²) in [5.74, 6) is 0.694. The van der Waals surface area contributed by atoms with E-state index < -0.39 is 0 Å². The molecule has 6 heteroatoms. The lowest BCUT2D eigenvalue weighted by Crippen LogP contribution is -2.38. The van der Waals surface area contributed by atoms with Crippen LogP contribution in [0.25, 0.3) is 0 Å². The van der Waals surface area contributed by atoms with Gasteiger partial charge >= 0.3 is 0 Å². The first-order chi connectivity index (χ1) is 13.6. The molecule has 150 valence electrons. The zero-order chi connectivity index (χ0) is 19.8. The van der Waals surface area contributed by atoms with Crippen LogP contribution >= 0.6 is 11.6 Å². The summed E-state index contributed by atoms with van der Waals surface area (Å²) >= 11 is 5.86. The van der Waals surface area contributed by atoms with E-state index in [0.717, 1.165) is 43.9 Å². The van der Waals surface area contributed by atoms with Gasteiger partial charge in [0.05, 0.1) is 0 Å². The van der Waals surface area contributed by atoms with Crippen molar-refractivity contribution in [2.45, 2.75) is 25.4 Å². The Morgan fingerprint density at radius 1 is 1.21 bits per heavy atom. The van der Waals surface area contributed by atoms with Crippen molar-refractivity contribution < 1.29 is 14.3 Å². The summed E-state index contributed by atoms with van der Waals surface area (Å²) < 4.78 is 11.3. The molecule has 0 bridgehead atoms. The van der Waals surface area contributed by atoms with Crippen molar-refractivity contribution in [3.05, 3.63) is 64.7 Å². The number of nitrogens with one attached hydrogen (secondary N) is 1. The van der Waals surface area contributed by atoms with Gasteiger partial charge in [-0.3, -0.25) is 9.69 Å². The maximum absolute atomic E-state index is 12.2. The fraction of sp³-hybridized carbons (Fsp3) is 0.409. The zero-order valence-electron chi connectivity index (χ0n) is 16.2. The van der Waals surface area contributed by atoms with Crippen LogP contribution in [-0.4, -0.2) is 50.3 Å². The quantitative estimate of drug-likeness (QED) is 0.730. The number of hydrogen-bond donors (Lipinski definition) is 1. The molecule has 0 radical (unpaired) electrons. The molecule has 0 spiro atoms. The molecule has 1 amide bonds. The first-order valence-electron chi connectivity index (χ1n) is 9.65. The molecular formula is C22H27ClN2O3. The normalized spacial score (nSPS) is 14.8. The van der Waals surface area contributed by atoms with E-state index >= 15 is 0 Å². The lowest BCUT2D eigenvalue weighted by molar-refractivity contribution is 0.0392. The SMILES string of the molecule is CN(CCOc1cccc(CNC(=O)c2ccc(Cl)cc2)c1)C1CCOCC1.